The molecule has 0 aromatic heterocycles. The molecule has 0 saturated heterocycles. The second kappa shape index (κ2) is 4.38. The number of hydrogen-bond donors (Lipinski definition) is 2. The van der Waals surface area contributed by atoms with Crippen LogP contribution in [-0.2, 0) is 0 Å². The predicted octanol–water partition coefficient (Wildman–Crippen LogP) is 3.45. The van der Waals surface area contributed by atoms with E-state index in [1.807, 2.05) is 19.1 Å². The van der Waals surface area contributed by atoms with Crippen LogP contribution in [0.2, 0.25) is 5.02 Å². The van der Waals surface area contributed by atoms with Crippen LogP contribution in [0.4, 0.5) is 0 Å². The van der Waals surface area contributed by atoms with Gasteiger partial charge in [-0.25, -0.2) is 0 Å². The van der Waals surface area contributed by atoms with Crippen molar-refractivity contribution in [2.75, 3.05) is 0 Å². The smallest absolute Gasteiger partial charge is 0.0442 e. The van der Waals surface area contributed by atoms with Gasteiger partial charge in [0.25, 0.3) is 0 Å². The number of nitrogens with one attached hydrogen (secondary N) is 2. The first-order chi connectivity index (χ1) is 6.50. The van der Waals surface area contributed by atoms with Crippen LogP contribution in [-0.4, -0.2) is 11.4 Å². The Morgan fingerprint density at radius 1 is 1.36 bits per heavy atom. The van der Waals surface area contributed by atoms with Crippen LogP contribution in [0.3, 0.4) is 0 Å². The highest BCUT2D eigenvalue weighted by molar-refractivity contribution is 6.31. The van der Waals surface area contributed by atoms with Crippen LogP contribution in [0, 0.1) is 17.7 Å². The molecule has 0 heterocycles. The van der Waals surface area contributed by atoms with Crippen molar-refractivity contribution in [2.45, 2.75) is 20.3 Å². The molecule has 0 radical (unpaired) electrons. The van der Waals surface area contributed by atoms with Crippen LogP contribution in [0.25, 0.3) is 0 Å². The Kier molecular flexibility index (Phi) is 3.42. The Hall–Kier alpha value is -1.15. The highest BCUT2D eigenvalue weighted by Crippen LogP contribution is 2.17. The summed E-state index contributed by atoms with van der Waals surface area (Å²) in [5.74, 6) is 0. The largest absolute Gasteiger partial charge is 0.310 e. The lowest BCUT2D eigenvalue weighted by atomic mass is 10.0. The van der Waals surface area contributed by atoms with E-state index in [0.717, 1.165) is 11.1 Å². The average Bonchev–Trinajstić information content (AvgIpc) is 2.08. The van der Waals surface area contributed by atoms with Crippen molar-refractivity contribution in [3.8, 4) is 0 Å². The highest BCUT2D eigenvalue weighted by Gasteiger charge is 2.04. The van der Waals surface area contributed by atoms with Crippen LogP contribution in [0.15, 0.2) is 18.2 Å². The highest BCUT2D eigenvalue weighted by atomic mass is 35.5. The summed E-state index contributed by atoms with van der Waals surface area (Å²) in [5, 5.41) is 15.8. The zero-order valence-electron chi connectivity index (χ0n) is 8.32. The van der Waals surface area contributed by atoms with Gasteiger partial charge in [-0.3, -0.25) is 0 Å². The molecule has 0 saturated carbocycles. The second-order valence-corrected chi connectivity index (χ2v) is 3.81. The van der Waals surface area contributed by atoms with Crippen LogP contribution in [0.5, 0.6) is 0 Å². The molecule has 0 aliphatic rings. The summed E-state index contributed by atoms with van der Waals surface area (Å²) in [6.07, 6.45) is 0.404. The topological polar surface area (TPSA) is 47.7 Å². The Labute approximate surface area is 88.9 Å². The molecule has 2 nitrogen and oxygen atoms in total. The van der Waals surface area contributed by atoms with Crippen molar-refractivity contribution >= 4 is 23.0 Å². The molecule has 0 spiro atoms. The maximum Gasteiger partial charge on any atom is 0.0442 e. The molecule has 1 aromatic rings. The standard InChI is InChI=1S/C11H13ClN2/c1-7-5-9(3-4-10(7)12)11(14)6-8(2)13/h3-5,13-14H,6H2,1-2H3. The zero-order valence-corrected chi connectivity index (χ0v) is 9.07. The summed E-state index contributed by atoms with van der Waals surface area (Å²) in [5.41, 5.74) is 2.79. The lowest BCUT2D eigenvalue weighted by Crippen LogP contribution is -2.04. The predicted molar refractivity (Wildman–Crippen MR) is 61.0 cm³/mol. The van der Waals surface area contributed by atoms with E-state index < -0.39 is 0 Å². The molecular formula is C11H13ClN2. The Bertz CT molecular complexity index is 383. The Balaban J connectivity index is 2.91. The Morgan fingerprint density at radius 3 is 2.50 bits per heavy atom. The number of halogens is 1. The van der Waals surface area contributed by atoms with Gasteiger partial charge in [-0.15, -0.1) is 0 Å². The minimum absolute atomic E-state index is 0.404. The third-order valence-electron chi connectivity index (χ3n) is 1.95. The first-order valence-corrected chi connectivity index (χ1v) is 4.76. The fraction of sp³-hybridized carbons (Fsp3) is 0.273. The van der Waals surface area contributed by atoms with Gasteiger partial charge >= 0.3 is 0 Å². The van der Waals surface area contributed by atoms with Crippen molar-refractivity contribution in [2.24, 2.45) is 0 Å². The molecular weight excluding hydrogens is 196 g/mol. The maximum absolute atomic E-state index is 7.74. The maximum atomic E-state index is 7.74. The van der Waals surface area contributed by atoms with Crippen LogP contribution in [0.1, 0.15) is 24.5 Å². The molecule has 0 aliphatic heterocycles. The lowest BCUT2D eigenvalue weighted by Gasteiger charge is -2.05. The normalized spacial score (nSPS) is 9.93. The van der Waals surface area contributed by atoms with Crippen LogP contribution < -0.4 is 0 Å². The summed E-state index contributed by atoms with van der Waals surface area (Å²) in [7, 11) is 0. The number of rotatable bonds is 3. The zero-order chi connectivity index (χ0) is 10.7. The monoisotopic (exact) mass is 208 g/mol. The van der Waals surface area contributed by atoms with E-state index in [-0.39, 0.29) is 0 Å². The molecule has 14 heavy (non-hydrogen) atoms. The molecule has 0 unspecified atom stereocenters. The van der Waals surface area contributed by atoms with Crippen molar-refractivity contribution < 1.29 is 0 Å². The van der Waals surface area contributed by atoms with E-state index in [9.17, 15) is 0 Å². The summed E-state index contributed by atoms with van der Waals surface area (Å²) in [6, 6.07) is 5.49. The summed E-state index contributed by atoms with van der Waals surface area (Å²) < 4.78 is 0. The molecule has 0 fully saturated rings. The number of hydrogen-bond acceptors (Lipinski definition) is 2. The van der Waals surface area contributed by atoms with Crippen LogP contribution >= 0.6 is 11.6 Å². The average molecular weight is 209 g/mol. The second-order valence-electron chi connectivity index (χ2n) is 3.40. The van der Waals surface area contributed by atoms with E-state index in [0.29, 0.717) is 22.9 Å². The summed E-state index contributed by atoms with van der Waals surface area (Å²) in [4.78, 5) is 0. The first-order valence-electron chi connectivity index (χ1n) is 4.38. The quantitative estimate of drug-likeness (QED) is 0.715. The molecule has 0 aliphatic carbocycles. The molecule has 3 heteroatoms. The molecule has 1 rings (SSSR count). The van der Waals surface area contributed by atoms with Crippen molar-refractivity contribution in [1.29, 1.82) is 10.8 Å². The summed E-state index contributed by atoms with van der Waals surface area (Å²) in [6.45, 7) is 3.62. The molecule has 0 bridgehead atoms. The van der Waals surface area contributed by atoms with Gasteiger partial charge in [-0.05, 0) is 37.1 Å². The van der Waals surface area contributed by atoms with Gasteiger partial charge in [0.05, 0.1) is 0 Å². The van der Waals surface area contributed by atoms with Gasteiger partial charge in [0.15, 0.2) is 0 Å². The molecule has 74 valence electrons. The SMILES string of the molecule is CC(=N)CC(=N)c1ccc(Cl)c(C)c1. The molecule has 0 atom stereocenters. The van der Waals surface area contributed by atoms with E-state index >= 15 is 0 Å². The minimum atomic E-state index is 0.404. The third kappa shape index (κ3) is 2.67. The van der Waals surface area contributed by atoms with Gasteiger partial charge in [0, 0.05) is 22.9 Å². The number of aryl methyl sites for hydroxylation is 1. The molecule has 1 aromatic carbocycles. The fourth-order valence-electron chi connectivity index (χ4n) is 1.20. The van der Waals surface area contributed by atoms with Crippen molar-refractivity contribution in [3.63, 3.8) is 0 Å². The number of benzene rings is 1. The lowest BCUT2D eigenvalue weighted by molar-refractivity contribution is 1.32. The van der Waals surface area contributed by atoms with E-state index in [2.05, 4.69) is 0 Å². The fourth-order valence-corrected chi connectivity index (χ4v) is 1.32. The Morgan fingerprint density at radius 2 is 2.00 bits per heavy atom. The van der Waals surface area contributed by atoms with E-state index in [1.165, 1.54) is 0 Å². The minimum Gasteiger partial charge on any atom is -0.310 e. The van der Waals surface area contributed by atoms with Gasteiger partial charge < -0.3 is 10.8 Å². The first kappa shape index (κ1) is 10.9. The summed E-state index contributed by atoms with van der Waals surface area (Å²) >= 11 is 5.88. The van der Waals surface area contributed by atoms with Crippen molar-refractivity contribution in [3.05, 3.63) is 34.3 Å². The van der Waals surface area contributed by atoms with Crippen molar-refractivity contribution in [1.82, 2.24) is 0 Å². The van der Waals surface area contributed by atoms with Gasteiger partial charge in [0.2, 0.25) is 0 Å². The molecule has 2 N–H and O–H groups in total. The van der Waals surface area contributed by atoms with Gasteiger partial charge in [-0.2, -0.15) is 0 Å². The van der Waals surface area contributed by atoms with E-state index in [1.54, 1.807) is 13.0 Å². The van der Waals surface area contributed by atoms with Gasteiger partial charge in [0.1, 0.15) is 0 Å². The van der Waals surface area contributed by atoms with E-state index in [4.69, 9.17) is 22.4 Å². The third-order valence-corrected chi connectivity index (χ3v) is 2.37. The molecule has 0 amide bonds. The van der Waals surface area contributed by atoms with Gasteiger partial charge in [-0.1, -0.05) is 17.7 Å².